The van der Waals surface area contributed by atoms with Gasteiger partial charge in [-0.2, -0.15) is 0 Å². The first-order valence-corrected chi connectivity index (χ1v) is 6.04. The van der Waals surface area contributed by atoms with Crippen molar-refractivity contribution in [3.63, 3.8) is 0 Å². The second-order valence-corrected chi connectivity index (χ2v) is 4.21. The Bertz CT molecular complexity index is 398. The monoisotopic (exact) mass is 297 g/mol. The van der Waals surface area contributed by atoms with Crippen molar-refractivity contribution >= 4 is 21.5 Å². The van der Waals surface area contributed by atoms with Gasteiger partial charge in [0.15, 0.2) is 0 Å². The first-order chi connectivity index (χ1) is 8.19. The molecule has 0 atom stereocenters. The molecule has 92 valence electrons. The summed E-state index contributed by atoms with van der Waals surface area (Å²) in [5.41, 5.74) is 1.91. The average Bonchev–Trinajstić information content (AvgIpc) is 2.36. The van der Waals surface area contributed by atoms with Gasteiger partial charge in [0.1, 0.15) is 12.4 Å². The van der Waals surface area contributed by atoms with Crippen LogP contribution >= 0.6 is 15.9 Å². The minimum absolute atomic E-state index is 0.0188. The van der Waals surface area contributed by atoms with E-state index in [0.717, 1.165) is 21.4 Å². The highest BCUT2D eigenvalue weighted by atomic mass is 79.9. The number of aliphatic hydroxyl groups is 1. The van der Waals surface area contributed by atoms with E-state index < -0.39 is 0 Å². The minimum Gasteiger partial charge on any atom is -0.491 e. The largest absolute Gasteiger partial charge is 0.491 e. The molecule has 0 aliphatic rings. The predicted octanol–water partition coefficient (Wildman–Crippen LogP) is 2.53. The molecule has 0 heterocycles. The molecular formula is C13H16BrNO2. The molecule has 4 heteroatoms. The van der Waals surface area contributed by atoms with Crippen LogP contribution in [0.5, 0.6) is 5.75 Å². The van der Waals surface area contributed by atoms with E-state index in [4.69, 9.17) is 9.84 Å². The fraction of sp³-hybridized carbons (Fsp3) is 0.231. The predicted molar refractivity (Wildman–Crippen MR) is 74.1 cm³/mol. The summed E-state index contributed by atoms with van der Waals surface area (Å²) in [6.45, 7) is 4.33. The summed E-state index contributed by atoms with van der Waals surface area (Å²) in [4.78, 5) is 0. The molecule has 1 rings (SSSR count). The van der Waals surface area contributed by atoms with Crippen LogP contribution in [0.3, 0.4) is 0 Å². The maximum atomic E-state index is 8.64. The van der Waals surface area contributed by atoms with Crippen LogP contribution in [0.25, 0.3) is 5.57 Å². The number of halogens is 1. The summed E-state index contributed by atoms with van der Waals surface area (Å²) in [5.74, 6) is 0.740. The highest BCUT2D eigenvalue weighted by molar-refractivity contribution is 9.12. The molecule has 3 nitrogen and oxygen atoms in total. The standard InChI is InChI=1S/C13H16BrNO2/c1-10(13(14)9-15-2)11-3-5-12(6-4-11)17-8-7-16/h3-6,9,15-16H,1,7-8H2,2H3. The van der Waals surface area contributed by atoms with Crippen molar-refractivity contribution in [1.29, 1.82) is 0 Å². The zero-order valence-corrected chi connectivity index (χ0v) is 11.3. The van der Waals surface area contributed by atoms with Gasteiger partial charge in [-0.1, -0.05) is 18.7 Å². The first-order valence-electron chi connectivity index (χ1n) is 5.25. The molecular weight excluding hydrogens is 282 g/mol. The fourth-order valence-corrected chi connectivity index (χ4v) is 1.73. The topological polar surface area (TPSA) is 41.5 Å². The molecule has 0 amide bonds. The summed E-state index contributed by atoms with van der Waals surface area (Å²) < 4.78 is 6.19. The highest BCUT2D eigenvalue weighted by Gasteiger charge is 2.02. The molecule has 0 radical (unpaired) electrons. The minimum atomic E-state index is 0.0188. The van der Waals surface area contributed by atoms with Crippen molar-refractivity contribution < 1.29 is 9.84 Å². The molecule has 0 saturated carbocycles. The third-order valence-corrected chi connectivity index (χ3v) is 2.83. The van der Waals surface area contributed by atoms with Gasteiger partial charge in [-0.15, -0.1) is 0 Å². The van der Waals surface area contributed by atoms with E-state index in [1.54, 1.807) is 0 Å². The Labute approximate surface area is 110 Å². The van der Waals surface area contributed by atoms with Crippen LogP contribution in [0, 0.1) is 0 Å². The molecule has 17 heavy (non-hydrogen) atoms. The Morgan fingerprint density at radius 3 is 2.65 bits per heavy atom. The van der Waals surface area contributed by atoms with Crippen LogP contribution in [-0.2, 0) is 0 Å². The van der Waals surface area contributed by atoms with Crippen LogP contribution in [0.15, 0.2) is 41.5 Å². The van der Waals surface area contributed by atoms with Crippen molar-refractivity contribution in [2.24, 2.45) is 0 Å². The first kappa shape index (κ1) is 13.8. The lowest BCUT2D eigenvalue weighted by molar-refractivity contribution is 0.201. The summed E-state index contributed by atoms with van der Waals surface area (Å²) in [6.07, 6.45) is 1.83. The highest BCUT2D eigenvalue weighted by Crippen LogP contribution is 2.26. The summed E-state index contributed by atoms with van der Waals surface area (Å²) in [7, 11) is 1.83. The lowest BCUT2D eigenvalue weighted by Gasteiger charge is -2.07. The van der Waals surface area contributed by atoms with E-state index >= 15 is 0 Å². The summed E-state index contributed by atoms with van der Waals surface area (Å²) in [5, 5.41) is 11.6. The molecule has 0 aromatic heterocycles. The van der Waals surface area contributed by atoms with E-state index in [2.05, 4.69) is 27.8 Å². The maximum Gasteiger partial charge on any atom is 0.119 e. The van der Waals surface area contributed by atoms with E-state index in [1.165, 1.54) is 0 Å². The van der Waals surface area contributed by atoms with Crippen molar-refractivity contribution in [3.05, 3.63) is 47.1 Å². The zero-order valence-electron chi connectivity index (χ0n) is 9.74. The van der Waals surface area contributed by atoms with Crippen molar-refractivity contribution in [3.8, 4) is 5.75 Å². The van der Waals surface area contributed by atoms with Crippen molar-refractivity contribution in [2.75, 3.05) is 20.3 Å². The van der Waals surface area contributed by atoms with Gasteiger partial charge in [0.2, 0.25) is 0 Å². The number of hydrogen-bond acceptors (Lipinski definition) is 3. The molecule has 0 bridgehead atoms. The number of benzene rings is 1. The molecule has 0 spiro atoms. The van der Waals surface area contributed by atoms with E-state index in [0.29, 0.717) is 6.61 Å². The second-order valence-electron chi connectivity index (χ2n) is 3.36. The van der Waals surface area contributed by atoms with Gasteiger partial charge in [-0.05, 0) is 39.2 Å². The number of aliphatic hydroxyl groups excluding tert-OH is 1. The number of nitrogens with one attached hydrogen (secondary N) is 1. The zero-order chi connectivity index (χ0) is 12.7. The van der Waals surface area contributed by atoms with Crippen molar-refractivity contribution in [1.82, 2.24) is 5.32 Å². The normalized spacial score (nSPS) is 11.1. The molecule has 0 fully saturated rings. The molecule has 0 aliphatic carbocycles. The van der Waals surface area contributed by atoms with E-state index in [9.17, 15) is 0 Å². The smallest absolute Gasteiger partial charge is 0.119 e. The molecule has 1 aromatic carbocycles. The van der Waals surface area contributed by atoms with Crippen LogP contribution in [0.1, 0.15) is 5.56 Å². The van der Waals surface area contributed by atoms with Crippen LogP contribution in [-0.4, -0.2) is 25.4 Å². The number of hydrogen-bond donors (Lipinski definition) is 2. The van der Waals surface area contributed by atoms with Gasteiger partial charge in [0.25, 0.3) is 0 Å². The molecule has 0 aliphatic heterocycles. The fourth-order valence-electron chi connectivity index (χ4n) is 1.27. The molecule has 0 unspecified atom stereocenters. The molecule has 1 aromatic rings. The molecule has 0 saturated heterocycles. The van der Waals surface area contributed by atoms with Gasteiger partial charge in [0.05, 0.1) is 6.61 Å². The van der Waals surface area contributed by atoms with Gasteiger partial charge in [-0.3, -0.25) is 0 Å². The van der Waals surface area contributed by atoms with Crippen LogP contribution in [0.4, 0.5) is 0 Å². The van der Waals surface area contributed by atoms with Gasteiger partial charge >= 0.3 is 0 Å². The van der Waals surface area contributed by atoms with Crippen LogP contribution < -0.4 is 10.1 Å². The van der Waals surface area contributed by atoms with Gasteiger partial charge in [-0.25, -0.2) is 0 Å². The second kappa shape index (κ2) is 7.14. The van der Waals surface area contributed by atoms with Crippen LogP contribution in [0.2, 0.25) is 0 Å². The van der Waals surface area contributed by atoms with Gasteiger partial charge < -0.3 is 15.2 Å². The number of ether oxygens (including phenoxy) is 1. The third kappa shape index (κ3) is 4.24. The summed E-state index contributed by atoms with van der Waals surface area (Å²) in [6, 6.07) is 7.57. The van der Waals surface area contributed by atoms with E-state index in [-0.39, 0.29) is 6.61 Å². The number of rotatable bonds is 6. The lowest BCUT2D eigenvalue weighted by atomic mass is 10.1. The van der Waals surface area contributed by atoms with Crippen molar-refractivity contribution in [2.45, 2.75) is 0 Å². The summed E-state index contributed by atoms with van der Waals surface area (Å²) >= 11 is 3.44. The average molecular weight is 298 g/mol. The Morgan fingerprint density at radius 1 is 1.47 bits per heavy atom. The van der Waals surface area contributed by atoms with Gasteiger partial charge in [0, 0.05) is 17.7 Å². The van der Waals surface area contributed by atoms with E-state index in [1.807, 2.05) is 37.5 Å². The Kier molecular flexibility index (Phi) is 5.80. The maximum absolute atomic E-state index is 8.64. The SMILES string of the molecule is C=C(C(Br)=CNC)c1ccc(OCCO)cc1. The lowest BCUT2D eigenvalue weighted by Crippen LogP contribution is -2.01. The Hall–Kier alpha value is -1.26. The Balaban J connectivity index is 2.73. The third-order valence-electron chi connectivity index (χ3n) is 2.12. The Morgan fingerprint density at radius 2 is 2.12 bits per heavy atom. The number of allylic oxidation sites excluding steroid dienone is 2. The quantitative estimate of drug-likeness (QED) is 0.793. The molecule has 2 N–H and O–H groups in total.